The zero-order valence-electron chi connectivity index (χ0n) is 15.6. The summed E-state index contributed by atoms with van der Waals surface area (Å²) in [5, 5.41) is 0. The second kappa shape index (κ2) is 13.7. The predicted molar refractivity (Wildman–Crippen MR) is 115 cm³/mol. The highest BCUT2D eigenvalue weighted by atomic mass is 13.9. The maximum atomic E-state index is 2.27. The van der Waals surface area contributed by atoms with Crippen LogP contribution >= 0.6 is 0 Å². The van der Waals surface area contributed by atoms with Crippen molar-refractivity contribution in [2.45, 2.75) is 38.5 Å². The fourth-order valence-electron chi connectivity index (χ4n) is 2.69. The van der Waals surface area contributed by atoms with Crippen LogP contribution in [0.2, 0.25) is 0 Å². The third-order valence-electron chi connectivity index (χ3n) is 4.15. The van der Waals surface area contributed by atoms with Crippen molar-refractivity contribution >= 4 is 0 Å². The molecule has 0 saturated heterocycles. The minimum absolute atomic E-state index is 1.01. The molecular formula is C26H30. The van der Waals surface area contributed by atoms with Gasteiger partial charge in [0.2, 0.25) is 0 Å². The summed E-state index contributed by atoms with van der Waals surface area (Å²) in [6, 6.07) is 21.3. The Kier molecular flexibility index (Phi) is 10.4. The fourth-order valence-corrected chi connectivity index (χ4v) is 2.69. The Balaban J connectivity index is 1.47. The largest absolute Gasteiger partial charge is 0.0879 e. The molecule has 0 unspecified atom stereocenters. The van der Waals surface area contributed by atoms with Crippen molar-refractivity contribution in [1.29, 1.82) is 0 Å². The molecule has 0 nitrogen and oxygen atoms in total. The molecule has 0 radical (unpaired) electrons. The summed E-state index contributed by atoms with van der Waals surface area (Å²) in [4.78, 5) is 0. The van der Waals surface area contributed by atoms with Crippen molar-refractivity contribution in [3.05, 3.63) is 120 Å². The average Bonchev–Trinajstić information content (AvgIpc) is 2.70. The first-order valence-electron chi connectivity index (χ1n) is 9.64. The summed E-state index contributed by atoms with van der Waals surface area (Å²) in [5.74, 6) is 0. The molecule has 2 aromatic rings. The first-order chi connectivity index (χ1) is 12.9. The SMILES string of the molecule is C(C=CCC=CCCc1ccccc1)=CCC=CCCc1ccccc1. The van der Waals surface area contributed by atoms with E-state index in [1.54, 1.807) is 0 Å². The molecule has 0 aliphatic carbocycles. The molecule has 0 heteroatoms. The standard InChI is InChI=1S/C26H30/c1(3-5-7-9-13-19-25-21-15-11-16-22-25)2-4-6-8-10-14-20-26-23-17-12-18-24-26/h1-4,7-12,15-18,21-24H,5-6,13-14,19-20H2. The van der Waals surface area contributed by atoms with Gasteiger partial charge in [0.1, 0.15) is 0 Å². The Morgan fingerprint density at radius 1 is 0.462 bits per heavy atom. The monoisotopic (exact) mass is 342 g/mol. The molecule has 0 spiro atoms. The zero-order valence-corrected chi connectivity index (χ0v) is 15.6. The number of hydrogen-bond donors (Lipinski definition) is 0. The van der Waals surface area contributed by atoms with Gasteiger partial charge >= 0.3 is 0 Å². The van der Waals surface area contributed by atoms with E-state index in [1.165, 1.54) is 11.1 Å². The van der Waals surface area contributed by atoms with Gasteiger partial charge in [-0.3, -0.25) is 0 Å². The van der Waals surface area contributed by atoms with Crippen LogP contribution in [-0.4, -0.2) is 0 Å². The van der Waals surface area contributed by atoms with E-state index in [0.717, 1.165) is 38.5 Å². The molecule has 2 rings (SSSR count). The lowest BCUT2D eigenvalue weighted by Gasteiger charge is -1.95. The summed E-state index contributed by atoms with van der Waals surface area (Å²) in [6.07, 6.45) is 24.2. The van der Waals surface area contributed by atoms with Gasteiger partial charge in [0.05, 0.1) is 0 Å². The predicted octanol–water partition coefficient (Wildman–Crippen LogP) is 7.26. The second-order valence-electron chi connectivity index (χ2n) is 6.32. The molecule has 0 saturated carbocycles. The van der Waals surface area contributed by atoms with Crippen LogP contribution in [0, 0.1) is 0 Å². The minimum Gasteiger partial charge on any atom is -0.0879 e. The maximum Gasteiger partial charge on any atom is -0.0166 e. The Morgan fingerprint density at radius 3 is 1.31 bits per heavy atom. The molecule has 2 aromatic carbocycles. The van der Waals surface area contributed by atoms with Crippen LogP contribution in [0.3, 0.4) is 0 Å². The van der Waals surface area contributed by atoms with E-state index >= 15 is 0 Å². The second-order valence-corrected chi connectivity index (χ2v) is 6.32. The van der Waals surface area contributed by atoms with Crippen molar-refractivity contribution in [2.24, 2.45) is 0 Å². The van der Waals surface area contributed by atoms with Crippen LogP contribution in [0.5, 0.6) is 0 Å². The van der Waals surface area contributed by atoms with Crippen molar-refractivity contribution in [1.82, 2.24) is 0 Å². The lowest BCUT2D eigenvalue weighted by Crippen LogP contribution is -1.80. The summed E-state index contributed by atoms with van der Waals surface area (Å²) >= 11 is 0. The van der Waals surface area contributed by atoms with Crippen LogP contribution in [0.4, 0.5) is 0 Å². The molecule has 0 N–H and O–H groups in total. The van der Waals surface area contributed by atoms with Gasteiger partial charge in [-0.1, -0.05) is 109 Å². The Labute approximate surface area is 159 Å². The fraction of sp³-hybridized carbons (Fsp3) is 0.231. The van der Waals surface area contributed by atoms with Crippen LogP contribution in [0.25, 0.3) is 0 Å². The number of rotatable bonds is 11. The topological polar surface area (TPSA) is 0 Å². The number of hydrogen-bond acceptors (Lipinski definition) is 0. The Hall–Kier alpha value is -2.60. The molecule has 0 amide bonds. The molecule has 0 aromatic heterocycles. The molecule has 0 aliphatic rings. The lowest BCUT2D eigenvalue weighted by atomic mass is 10.1. The molecule has 0 aliphatic heterocycles. The maximum absolute atomic E-state index is 2.27. The van der Waals surface area contributed by atoms with E-state index in [2.05, 4.69) is 109 Å². The van der Waals surface area contributed by atoms with Crippen molar-refractivity contribution < 1.29 is 0 Å². The summed E-state index contributed by atoms with van der Waals surface area (Å²) in [6.45, 7) is 0. The van der Waals surface area contributed by atoms with Gasteiger partial charge in [-0.2, -0.15) is 0 Å². The average molecular weight is 343 g/mol. The first-order valence-corrected chi connectivity index (χ1v) is 9.64. The van der Waals surface area contributed by atoms with Crippen LogP contribution in [0.1, 0.15) is 36.8 Å². The molecule has 0 bridgehead atoms. The van der Waals surface area contributed by atoms with Gasteiger partial charge in [0.25, 0.3) is 0 Å². The van der Waals surface area contributed by atoms with Crippen LogP contribution in [0.15, 0.2) is 109 Å². The molecular weight excluding hydrogens is 312 g/mol. The van der Waals surface area contributed by atoms with E-state index in [9.17, 15) is 0 Å². The van der Waals surface area contributed by atoms with Crippen molar-refractivity contribution in [3.8, 4) is 0 Å². The number of benzene rings is 2. The van der Waals surface area contributed by atoms with Gasteiger partial charge in [-0.25, -0.2) is 0 Å². The highest BCUT2D eigenvalue weighted by Crippen LogP contribution is 2.04. The Bertz CT molecular complexity index is 624. The molecule has 0 atom stereocenters. The normalized spacial score (nSPS) is 12.2. The van der Waals surface area contributed by atoms with E-state index in [1.807, 2.05) is 0 Å². The zero-order chi connectivity index (χ0) is 18.1. The van der Waals surface area contributed by atoms with Gasteiger partial charge in [0.15, 0.2) is 0 Å². The van der Waals surface area contributed by atoms with E-state index in [-0.39, 0.29) is 0 Å². The van der Waals surface area contributed by atoms with Gasteiger partial charge < -0.3 is 0 Å². The minimum atomic E-state index is 1.01. The first kappa shape index (κ1) is 19.7. The molecule has 0 heterocycles. The van der Waals surface area contributed by atoms with Crippen molar-refractivity contribution in [3.63, 3.8) is 0 Å². The van der Waals surface area contributed by atoms with E-state index < -0.39 is 0 Å². The quantitative estimate of drug-likeness (QED) is 0.298. The molecule has 0 fully saturated rings. The third-order valence-corrected chi connectivity index (χ3v) is 4.15. The van der Waals surface area contributed by atoms with Gasteiger partial charge in [-0.05, 0) is 49.7 Å². The van der Waals surface area contributed by atoms with Crippen LogP contribution in [-0.2, 0) is 12.8 Å². The number of aryl methyl sites for hydroxylation is 2. The molecule has 134 valence electrons. The van der Waals surface area contributed by atoms with Crippen molar-refractivity contribution in [2.75, 3.05) is 0 Å². The van der Waals surface area contributed by atoms with E-state index in [4.69, 9.17) is 0 Å². The molecule has 26 heavy (non-hydrogen) atoms. The van der Waals surface area contributed by atoms with E-state index in [0.29, 0.717) is 0 Å². The Morgan fingerprint density at radius 2 is 0.885 bits per heavy atom. The highest BCUT2D eigenvalue weighted by Gasteiger charge is 1.88. The number of allylic oxidation sites excluding steroid dienone is 8. The summed E-state index contributed by atoms with van der Waals surface area (Å²) < 4.78 is 0. The highest BCUT2D eigenvalue weighted by molar-refractivity contribution is 5.16. The summed E-state index contributed by atoms with van der Waals surface area (Å²) in [7, 11) is 0. The third kappa shape index (κ3) is 9.64. The summed E-state index contributed by atoms with van der Waals surface area (Å²) in [5.41, 5.74) is 2.82. The lowest BCUT2D eigenvalue weighted by molar-refractivity contribution is 0.996. The van der Waals surface area contributed by atoms with Crippen LogP contribution < -0.4 is 0 Å². The smallest absolute Gasteiger partial charge is 0.0166 e. The van der Waals surface area contributed by atoms with Gasteiger partial charge in [-0.15, -0.1) is 0 Å². The van der Waals surface area contributed by atoms with Gasteiger partial charge in [0, 0.05) is 0 Å².